The summed E-state index contributed by atoms with van der Waals surface area (Å²) in [5, 5.41) is 6.82. The second-order valence-corrected chi connectivity index (χ2v) is 10.2. The van der Waals surface area contributed by atoms with Crippen molar-refractivity contribution in [1.29, 1.82) is 0 Å². The number of benzene rings is 2. The van der Waals surface area contributed by atoms with Gasteiger partial charge in [-0.15, -0.1) is 0 Å². The Morgan fingerprint density at radius 2 is 1.69 bits per heavy atom. The van der Waals surface area contributed by atoms with E-state index in [4.69, 9.17) is 15.6 Å². The number of allylic oxidation sites excluding steroid dienone is 1. The average Bonchev–Trinajstić information content (AvgIpc) is 3.26. The number of piperidine rings is 1. The van der Waals surface area contributed by atoms with Gasteiger partial charge in [0.2, 0.25) is 10.0 Å². The molecule has 0 spiro atoms. The molecule has 3 heterocycles. The molecular formula is C25H26N6O3S. The Balaban J connectivity index is 1.44. The molecule has 0 unspecified atom stereocenters. The number of aromatic nitrogens is 4. The van der Waals surface area contributed by atoms with Crippen molar-refractivity contribution in [3.63, 3.8) is 0 Å². The highest BCUT2D eigenvalue weighted by Crippen LogP contribution is 2.35. The van der Waals surface area contributed by atoms with E-state index in [1.54, 1.807) is 13.0 Å². The molecule has 0 bridgehead atoms. The molecule has 1 aliphatic rings. The summed E-state index contributed by atoms with van der Waals surface area (Å²) in [5.74, 6) is 1.83. The van der Waals surface area contributed by atoms with Gasteiger partial charge < -0.3 is 10.5 Å². The first-order valence-electron chi connectivity index (χ1n) is 11.4. The first-order valence-corrected chi connectivity index (χ1v) is 12.9. The first-order chi connectivity index (χ1) is 17.0. The number of anilines is 1. The number of para-hydroxylation sites is 1. The lowest BCUT2D eigenvalue weighted by Gasteiger charge is -2.30. The zero-order chi connectivity index (χ0) is 24.4. The van der Waals surface area contributed by atoms with E-state index in [0.29, 0.717) is 54.2 Å². The molecular weight excluding hydrogens is 464 g/mol. The second-order valence-electron chi connectivity index (χ2n) is 8.33. The molecule has 10 heteroatoms. The standard InChI is InChI=1S/C25H26N6O3S/c1-2-16-35(32,33)30-14-12-19(13-15-30)31-25-22(24(26)27-17-28-25)23(29-31)18-8-10-21(11-9-18)34-20-6-4-3-5-7-20/h2-11,16-17,19H,12-15H2,1H3,(H2,26,27,28). The van der Waals surface area contributed by atoms with Gasteiger partial charge in [0.05, 0.1) is 11.4 Å². The summed E-state index contributed by atoms with van der Waals surface area (Å²) >= 11 is 0. The first kappa shape index (κ1) is 23.0. The zero-order valence-electron chi connectivity index (χ0n) is 19.3. The van der Waals surface area contributed by atoms with Crippen LogP contribution in [0.4, 0.5) is 5.82 Å². The maximum absolute atomic E-state index is 12.4. The molecule has 35 heavy (non-hydrogen) atoms. The Labute approximate surface area is 203 Å². The second kappa shape index (κ2) is 9.47. The minimum atomic E-state index is -3.39. The van der Waals surface area contributed by atoms with Crippen LogP contribution in [0.5, 0.6) is 11.5 Å². The van der Waals surface area contributed by atoms with Gasteiger partial charge in [-0.2, -0.15) is 9.40 Å². The number of sulfonamides is 1. The molecule has 1 fully saturated rings. The van der Waals surface area contributed by atoms with Crippen LogP contribution in [-0.4, -0.2) is 45.6 Å². The number of nitrogen functional groups attached to an aromatic ring is 1. The third kappa shape index (κ3) is 4.62. The maximum atomic E-state index is 12.4. The van der Waals surface area contributed by atoms with Crippen LogP contribution >= 0.6 is 0 Å². The van der Waals surface area contributed by atoms with Crippen LogP contribution in [0, 0.1) is 0 Å². The number of hydrogen-bond donors (Lipinski definition) is 1. The number of rotatable bonds is 6. The maximum Gasteiger partial charge on any atom is 0.235 e. The molecule has 5 rings (SSSR count). The van der Waals surface area contributed by atoms with E-state index < -0.39 is 10.0 Å². The van der Waals surface area contributed by atoms with E-state index in [1.165, 1.54) is 16.0 Å². The van der Waals surface area contributed by atoms with Gasteiger partial charge >= 0.3 is 0 Å². The van der Waals surface area contributed by atoms with Gasteiger partial charge in [0.25, 0.3) is 0 Å². The highest BCUT2D eigenvalue weighted by atomic mass is 32.2. The number of hydrogen-bond acceptors (Lipinski definition) is 7. The van der Waals surface area contributed by atoms with Crippen LogP contribution in [0.3, 0.4) is 0 Å². The van der Waals surface area contributed by atoms with Crippen molar-refractivity contribution in [3.8, 4) is 22.8 Å². The van der Waals surface area contributed by atoms with Gasteiger partial charge in [0, 0.05) is 24.1 Å². The SMILES string of the molecule is CC=CS(=O)(=O)N1CCC(n2nc(-c3ccc(Oc4ccccc4)cc3)c3c(N)ncnc32)CC1. The van der Waals surface area contributed by atoms with Crippen molar-refractivity contribution in [3.05, 3.63) is 72.4 Å². The highest BCUT2D eigenvalue weighted by molar-refractivity contribution is 7.92. The van der Waals surface area contributed by atoms with Gasteiger partial charge in [-0.25, -0.2) is 23.1 Å². The van der Waals surface area contributed by atoms with Crippen LogP contribution < -0.4 is 10.5 Å². The molecule has 0 saturated carbocycles. The van der Waals surface area contributed by atoms with Crippen LogP contribution in [0.25, 0.3) is 22.3 Å². The van der Waals surface area contributed by atoms with Gasteiger partial charge in [-0.05, 0) is 56.2 Å². The number of ether oxygens (including phenoxy) is 1. The summed E-state index contributed by atoms with van der Waals surface area (Å²) in [7, 11) is -3.39. The lowest BCUT2D eigenvalue weighted by Crippen LogP contribution is -2.38. The normalized spacial score (nSPS) is 15.7. The zero-order valence-corrected chi connectivity index (χ0v) is 20.1. The molecule has 9 nitrogen and oxygen atoms in total. The number of nitrogens with two attached hydrogens (primary N) is 1. The van der Waals surface area contributed by atoms with Crippen molar-refractivity contribution in [2.24, 2.45) is 0 Å². The molecule has 180 valence electrons. The predicted octanol–water partition coefficient (Wildman–Crippen LogP) is 4.37. The summed E-state index contributed by atoms with van der Waals surface area (Å²) in [4.78, 5) is 8.66. The minimum absolute atomic E-state index is 0.00158. The molecule has 2 aromatic carbocycles. The monoisotopic (exact) mass is 490 g/mol. The van der Waals surface area contributed by atoms with Gasteiger partial charge in [0.1, 0.15) is 29.3 Å². The van der Waals surface area contributed by atoms with E-state index in [-0.39, 0.29) is 6.04 Å². The van der Waals surface area contributed by atoms with Crippen LogP contribution in [0.2, 0.25) is 0 Å². The Bertz CT molecular complexity index is 1460. The summed E-state index contributed by atoms with van der Waals surface area (Å²) in [5.41, 5.74) is 8.46. The molecule has 1 aliphatic heterocycles. The van der Waals surface area contributed by atoms with E-state index in [1.807, 2.05) is 59.3 Å². The fourth-order valence-electron chi connectivity index (χ4n) is 4.36. The van der Waals surface area contributed by atoms with Crippen LogP contribution in [0.1, 0.15) is 25.8 Å². The molecule has 2 N–H and O–H groups in total. The van der Waals surface area contributed by atoms with E-state index in [0.717, 1.165) is 11.3 Å². The number of nitrogens with zero attached hydrogens (tertiary/aromatic N) is 5. The smallest absolute Gasteiger partial charge is 0.235 e. The third-order valence-corrected chi connectivity index (χ3v) is 7.76. The highest BCUT2D eigenvalue weighted by Gasteiger charge is 2.30. The van der Waals surface area contributed by atoms with Gasteiger partial charge in [0.15, 0.2) is 5.65 Å². The lowest BCUT2D eigenvalue weighted by molar-refractivity contribution is 0.267. The summed E-state index contributed by atoms with van der Waals surface area (Å²) < 4.78 is 34.1. The fraction of sp³-hybridized carbons (Fsp3) is 0.240. The molecule has 0 atom stereocenters. The van der Waals surface area contributed by atoms with Crippen molar-refractivity contribution >= 4 is 26.9 Å². The molecule has 0 aliphatic carbocycles. The van der Waals surface area contributed by atoms with Crippen molar-refractivity contribution in [1.82, 2.24) is 24.1 Å². The topological polar surface area (TPSA) is 116 Å². The van der Waals surface area contributed by atoms with E-state index in [9.17, 15) is 8.42 Å². The third-order valence-electron chi connectivity index (χ3n) is 6.06. The molecule has 1 saturated heterocycles. The van der Waals surface area contributed by atoms with Gasteiger partial charge in [-0.3, -0.25) is 0 Å². The molecule has 0 amide bonds. The minimum Gasteiger partial charge on any atom is -0.457 e. The summed E-state index contributed by atoms with van der Waals surface area (Å²) in [6.07, 6.45) is 4.23. The Morgan fingerprint density at radius 1 is 1.00 bits per heavy atom. The Kier molecular flexibility index (Phi) is 6.23. The van der Waals surface area contributed by atoms with Gasteiger partial charge in [-0.1, -0.05) is 24.3 Å². The quantitative estimate of drug-likeness (QED) is 0.427. The summed E-state index contributed by atoms with van der Waals surface area (Å²) in [6, 6.07) is 17.2. The fourth-order valence-corrected chi connectivity index (χ4v) is 5.59. The Morgan fingerprint density at radius 3 is 2.37 bits per heavy atom. The van der Waals surface area contributed by atoms with Crippen LogP contribution in [0.15, 0.2) is 72.4 Å². The summed E-state index contributed by atoms with van der Waals surface area (Å²) in [6.45, 7) is 2.53. The van der Waals surface area contributed by atoms with E-state index in [2.05, 4.69) is 9.97 Å². The number of fused-ring (bicyclic) bond motifs is 1. The largest absolute Gasteiger partial charge is 0.457 e. The molecule has 2 aromatic heterocycles. The van der Waals surface area contributed by atoms with Crippen molar-refractivity contribution in [2.45, 2.75) is 25.8 Å². The predicted molar refractivity (Wildman–Crippen MR) is 135 cm³/mol. The van der Waals surface area contributed by atoms with Crippen molar-refractivity contribution < 1.29 is 13.2 Å². The van der Waals surface area contributed by atoms with E-state index >= 15 is 0 Å². The molecule has 4 aromatic rings. The lowest BCUT2D eigenvalue weighted by atomic mass is 10.1. The Hall–Kier alpha value is -3.76. The average molecular weight is 491 g/mol. The van der Waals surface area contributed by atoms with Crippen molar-refractivity contribution in [2.75, 3.05) is 18.8 Å². The molecule has 0 radical (unpaired) electrons. The van der Waals surface area contributed by atoms with Crippen LogP contribution in [-0.2, 0) is 10.0 Å².